The molecule has 3 unspecified atom stereocenters. The average Bonchev–Trinajstić information content (AvgIpc) is 3.66. The number of carbonyl (C=O) groups excluding carboxylic acids is 3. The highest BCUT2D eigenvalue weighted by molar-refractivity contribution is 6.00. The molecule has 0 radical (unpaired) electrons. The number of rotatable bonds is 7. The first kappa shape index (κ1) is 33.6. The van der Waals surface area contributed by atoms with Gasteiger partial charge in [-0.05, 0) is 86.7 Å². The van der Waals surface area contributed by atoms with Crippen LogP contribution in [0.1, 0.15) is 60.6 Å². The summed E-state index contributed by atoms with van der Waals surface area (Å²) in [5.74, 6) is 0.525. The topological polar surface area (TPSA) is 153 Å². The molecule has 56 heavy (non-hydrogen) atoms. The summed E-state index contributed by atoms with van der Waals surface area (Å²) in [6, 6.07) is 18.9. The molecule has 8 heterocycles. The van der Waals surface area contributed by atoms with Gasteiger partial charge in [-0.15, -0.1) is 0 Å². The molecular weight excluding hydrogens is 709 g/mol. The number of fused-ring (bicyclic) bond motifs is 5. The second kappa shape index (κ2) is 12.4. The number of imidazole rings is 1. The third kappa shape index (κ3) is 5.32. The van der Waals surface area contributed by atoms with Crippen LogP contribution >= 0.6 is 0 Å². The number of hydrogen-bond acceptors (Lipinski definition) is 9. The van der Waals surface area contributed by atoms with Crippen LogP contribution in [0.4, 0.5) is 11.4 Å². The first-order chi connectivity index (χ1) is 27.2. The summed E-state index contributed by atoms with van der Waals surface area (Å²) < 4.78 is 3.15. The number of aryl methyl sites for hydroxylation is 1. The molecule has 1 spiro atoms. The summed E-state index contributed by atoms with van der Waals surface area (Å²) in [7, 11) is 1.74. The van der Waals surface area contributed by atoms with Gasteiger partial charge in [0.25, 0.3) is 5.91 Å². The summed E-state index contributed by atoms with van der Waals surface area (Å²) in [5, 5.41) is 5.44. The number of nitrogens with one attached hydrogen (secondary N) is 3. The Morgan fingerprint density at radius 3 is 2.34 bits per heavy atom. The van der Waals surface area contributed by atoms with Crippen LogP contribution in [0.2, 0.25) is 0 Å². The van der Waals surface area contributed by atoms with Gasteiger partial charge in [0.15, 0.2) is 5.82 Å². The van der Waals surface area contributed by atoms with E-state index in [9.17, 15) is 19.2 Å². The summed E-state index contributed by atoms with van der Waals surface area (Å²) in [6.07, 6.45) is 6.97. The largest absolute Gasteiger partial charge is 0.371 e. The predicted octanol–water partition coefficient (Wildman–Crippen LogP) is 3.33. The number of hydrogen-bond donors (Lipinski definition) is 3. The normalized spacial score (nSPS) is 24.4. The Labute approximate surface area is 322 Å². The molecule has 1 aliphatic carbocycles. The first-order valence-corrected chi connectivity index (χ1v) is 20.0. The molecule has 6 aliphatic rings. The highest BCUT2D eigenvalue weighted by Crippen LogP contribution is 2.50. The van der Waals surface area contributed by atoms with Crippen LogP contribution in [-0.4, -0.2) is 98.1 Å². The fourth-order valence-electron chi connectivity index (χ4n) is 10.1. The fraction of sp³-hybridized carbons (Fsp3) is 0.429. The number of aromatic nitrogens is 5. The van der Waals surface area contributed by atoms with Crippen molar-refractivity contribution >= 4 is 40.1 Å². The first-order valence-electron chi connectivity index (χ1n) is 20.0. The number of imide groups is 1. The van der Waals surface area contributed by atoms with E-state index in [1.165, 1.54) is 18.5 Å². The fourth-order valence-corrected chi connectivity index (χ4v) is 10.1. The zero-order chi connectivity index (χ0) is 37.9. The van der Waals surface area contributed by atoms with E-state index < -0.39 is 11.9 Å². The van der Waals surface area contributed by atoms with Crippen molar-refractivity contribution in [3.63, 3.8) is 0 Å². The van der Waals surface area contributed by atoms with Crippen LogP contribution in [0, 0.1) is 5.92 Å². The van der Waals surface area contributed by atoms with E-state index >= 15 is 0 Å². The van der Waals surface area contributed by atoms with Gasteiger partial charge in [0.2, 0.25) is 11.8 Å². The number of piperazine rings is 1. The number of piperidine rings is 1. The van der Waals surface area contributed by atoms with Gasteiger partial charge in [0.1, 0.15) is 6.04 Å². The molecule has 3 amide bonds. The maximum Gasteiger partial charge on any atom is 0.329 e. The minimum Gasteiger partial charge on any atom is -0.371 e. The quantitative estimate of drug-likeness (QED) is 0.213. The Morgan fingerprint density at radius 2 is 1.59 bits per heavy atom. The number of carbonyl (C=O) groups is 3. The van der Waals surface area contributed by atoms with Crippen LogP contribution in [0.15, 0.2) is 65.6 Å². The Hall–Kier alpha value is -5.76. The summed E-state index contributed by atoms with van der Waals surface area (Å²) in [5.41, 5.74) is 8.04. The van der Waals surface area contributed by atoms with E-state index in [-0.39, 0.29) is 29.3 Å². The van der Waals surface area contributed by atoms with Crippen LogP contribution in [0.5, 0.6) is 0 Å². The van der Waals surface area contributed by atoms with Crippen molar-refractivity contribution in [1.29, 1.82) is 0 Å². The minimum atomic E-state index is -0.680. The van der Waals surface area contributed by atoms with E-state index in [2.05, 4.69) is 71.7 Å². The number of benzene rings is 2. The van der Waals surface area contributed by atoms with Crippen molar-refractivity contribution in [2.45, 2.75) is 62.1 Å². The zero-order valence-electron chi connectivity index (χ0n) is 31.3. The van der Waals surface area contributed by atoms with Crippen molar-refractivity contribution in [1.82, 2.24) is 39.6 Å². The molecule has 3 aromatic heterocycles. The van der Waals surface area contributed by atoms with E-state index in [1.807, 2.05) is 18.2 Å². The lowest BCUT2D eigenvalue weighted by molar-refractivity contribution is -0.135. The van der Waals surface area contributed by atoms with Crippen molar-refractivity contribution in [3.8, 4) is 22.8 Å². The number of amides is 3. The lowest BCUT2D eigenvalue weighted by Gasteiger charge is -2.48. The Kier molecular flexibility index (Phi) is 7.42. The number of H-pyrrole nitrogens is 1. The van der Waals surface area contributed by atoms with Gasteiger partial charge in [0.05, 0.1) is 28.0 Å². The zero-order valence-corrected chi connectivity index (χ0v) is 31.3. The smallest absolute Gasteiger partial charge is 0.329 e. The van der Waals surface area contributed by atoms with Crippen molar-refractivity contribution in [2.75, 3.05) is 49.1 Å². The predicted molar refractivity (Wildman–Crippen MR) is 211 cm³/mol. The van der Waals surface area contributed by atoms with Gasteiger partial charge in [0, 0.05) is 105 Å². The summed E-state index contributed by atoms with van der Waals surface area (Å²) >= 11 is 0. The number of aromatic amines is 1. The molecule has 5 aliphatic heterocycles. The van der Waals surface area contributed by atoms with E-state index in [0.717, 1.165) is 85.0 Å². The molecule has 286 valence electrons. The summed E-state index contributed by atoms with van der Waals surface area (Å²) in [6.45, 7) is 5.77. The molecule has 4 saturated heterocycles. The Balaban J connectivity index is 0.727. The lowest BCUT2D eigenvalue weighted by Crippen LogP contribution is -2.59. The second-order valence-corrected chi connectivity index (χ2v) is 16.9. The third-order valence-electron chi connectivity index (χ3n) is 13.5. The van der Waals surface area contributed by atoms with Gasteiger partial charge in [-0.3, -0.25) is 33.7 Å². The number of nitrogens with zero attached hydrogens (tertiary/aromatic N) is 7. The molecule has 14 nitrogen and oxygen atoms in total. The Bertz CT molecular complexity index is 2490. The molecule has 5 fully saturated rings. The highest BCUT2D eigenvalue weighted by atomic mass is 16.2. The maximum absolute atomic E-state index is 13.2. The van der Waals surface area contributed by atoms with Crippen LogP contribution < -0.4 is 26.1 Å². The summed E-state index contributed by atoms with van der Waals surface area (Å²) in [4.78, 5) is 70.9. The van der Waals surface area contributed by atoms with Gasteiger partial charge in [-0.1, -0.05) is 0 Å². The molecule has 11 rings (SSSR count). The molecule has 2 aromatic carbocycles. The van der Waals surface area contributed by atoms with Crippen LogP contribution in [-0.2, 0) is 22.1 Å². The molecule has 2 bridgehead atoms. The lowest BCUT2D eigenvalue weighted by atomic mass is 9.95. The highest BCUT2D eigenvalue weighted by Gasteiger charge is 2.50. The van der Waals surface area contributed by atoms with Gasteiger partial charge in [-0.25, -0.2) is 14.8 Å². The standard InChI is InChI=1S/C42H44N10O4/c1-48-35-16-27(8-9-33(35)52(41(48)56)34-10-11-36(53)47-40(34)55)49-18-24(19-49)20-51-28-6-7-29(51)22-50(21-28)26-4-2-25(3-5-26)38-43-15-12-31(46-38)32-17-30-37(45-32)42(13-14-42)23-44-39(30)54/h2-5,8-9,12,15-17,24,28-29,34,45H,6-7,10-11,13-14,18-23H2,1H3,(H,44,54)(H,47,53,55). The number of anilines is 2. The average molecular weight is 753 g/mol. The molecule has 14 heteroatoms. The Morgan fingerprint density at radius 1 is 0.839 bits per heavy atom. The van der Waals surface area contributed by atoms with Gasteiger partial charge >= 0.3 is 5.69 Å². The van der Waals surface area contributed by atoms with E-state index in [0.29, 0.717) is 42.3 Å². The molecule has 3 atom stereocenters. The molecular formula is C42H44N10O4. The third-order valence-corrected chi connectivity index (χ3v) is 13.5. The van der Waals surface area contributed by atoms with Crippen LogP contribution in [0.25, 0.3) is 33.8 Å². The SMILES string of the molecule is Cn1c(=O)n(C2CCC(=O)NC2=O)c2ccc(N3CC(CN4C5CCC4CN(c4ccc(-c6nccc(-c7cc8c([nH]7)C7(CC7)CNC8=O)n6)cc4)C5)C3)cc21. The minimum absolute atomic E-state index is 0.0164. The monoisotopic (exact) mass is 752 g/mol. The molecule has 1 saturated carbocycles. The van der Waals surface area contributed by atoms with Crippen LogP contribution in [0.3, 0.4) is 0 Å². The maximum atomic E-state index is 13.2. The molecule has 5 aromatic rings. The van der Waals surface area contributed by atoms with Gasteiger partial charge < -0.3 is 20.1 Å². The van der Waals surface area contributed by atoms with Crippen molar-refractivity contribution < 1.29 is 14.4 Å². The van der Waals surface area contributed by atoms with Crippen molar-refractivity contribution in [3.05, 3.63) is 82.5 Å². The van der Waals surface area contributed by atoms with Crippen molar-refractivity contribution in [2.24, 2.45) is 13.0 Å². The van der Waals surface area contributed by atoms with Gasteiger partial charge in [-0.2, -0.15) is 0 Å². The second-order valence-electron chi connectivity index (χ2n) is 16.9. The molecule has 3 N–H and O–H groups in total. The van der Waals surface area contributed by atoms with E-state index in [4.69, 9.17) is 4.98 Å². The van der Waals surface area contributed by atoms with E-state index in [1.54, 1.807) is 22.4 Å².